The summed E-state index contributed by atoms with van der Waals surface area (Å²) in [7, 11) is -7.85. The maximum absolute atomic E-state index is 13.7. The molecule has 0 radical (unpaired) electrons. The highest BCUT2D eigenvalue weighted by atomic mass is 32.2. The first kappa shape index (κ1) is 32.6. The van der Waals surface area contributed by atoms with Gasteiger partial charge in [0.2, 0.25) is 19.7 Å². The second-order valence-corrected chi connectivity index (χ2v) is 15.4. The summed E-state index contributed by atoms with van der Waals surface area (Å²) in [6, 6.07) is 58.1. The maximum atomic E-state index is 13.7. The molecule has 8 heteroatoms. The maximum Gasteiger partial charge on any atom is 0.206 e. The normalized spacial score (nSPS) is 11.5. The highest BCUT2D eigenvalue weighted by Gasteiger charge is 2.23. The van der Waals surface area contributed by atoms with Crippen LogP contribution in [0.4, 0.5) is 34.1 Å². The number of sulfone groups is 2. The minimum absolute atomic E-state index is 0.00360. The van der Waals surface area contributed by atoms with Crippen molar-refractivity contribution in [3.05, 3.63) is 194 Å². The van der Waals surface area contributed by atoms with Crippen molar-refractivity contribution in [2.45, 2.75) is 19.6 Å². The molecule has 0 fully saturated rings. The number of hydrogen-bond acceptors (Lipinski definition) is 6. The molecular formula is C42H32N2O4S2. The Labute approximate surface area is 293 Å². The van der Waals surface area contributed by atoms with Crippen molar-refractivity contribution in [2.24, 2.45) is 0 Å². The van der Waals surface area contributed by atoms with Crippen LogP contribution in [0.15, 0.2) is 214 Å². The van der Waals surface area contributed by atoms with E-state index in [0.29, 0.717) is 0 Å². The lowest BCUT2D eigenvalue weighted by Gasteiger charge is -2.25. The highest BCUT2D eigenvalue weighted by molar-refractivity contribution is 7.92. The Morgan fingerprint density at radius 1 is 0.240 bits per heavy atom. The van der Waals surface area contributed by atoms with Gasteiger partial charge in [-0.15, -0.1) is 0 Å². The van der Waals surface area contributed by atoms with Crippen LogP contribution in [-0.4, -0.2) is 16.8 Å². The van der Waals surface area contributed by atoms with Gasteiger partial charge in [-0.25, -0.2) is 16.8 Å². The highest BCUT2D eigenvalue weighted by Crippen LogP contribution is 2.37. The van der Waals surface area contributed by atoms with Crippen molar-refractivity contribution in [1.82, 2.24) is 0 Å². The van der Waals surface area contributed by atoms with Gasteiger partial charge in [0.05, 0.1) is 19.6 Å². The molecule has 7 rings (SSSR count). The predicted octanol–water partition coefficient (Wildman–Crippen LogP) is 10.3. The molecule has 0 unspecified atom stereocenters. The van der Waals surface area contributed by atoms with E-state index in [1.54, 1.807) is 48.5 Å². The van der Waals surface area contributed by atoms with Crippen molar-refractivity contribution in [3.8, 4) is 0 Å². The Bertz CT molecular complexity index is 2150. The molecule has 0 saturated carbocycles. The molecule has 50 heavy (non-hydrogen) atoms. The number of hydrogen-bond donors (Lipinski definition) is 0. The van der Waals surface area contributed by atoms with Crippen LogP contribution in [0, 0.1) is 0 Å². The van der Waals surface area contributed by atoms with Crippen molar-refractivity contribution in [2.75, 3.05) is 9.80 Å². The lowest BCUT2D eigenvalue weighted by atomic mass is 10.2. The molecule has 7 aromatic carbocycles. The summed E-state index contributed by atoms with van der Waals surface area (Å²) < 4.78 is 54.6. The van der Waals surface area contributed by atoms with Crippen molar-refractivity contribution in [1.29, 1.82) is 0 Å². The second kappa shape index (κ2) is 13.9. The first-order valence-corrected chi connectivity index (χ1v) is 18.9. The second-order valence-electron chi connectivity index (χ2n) is 11.5. The van der Waals surface area contributed by atoms with Gasteiger partial charge in [0.25, 0.3) is 0 Å². The molecular weight excluding hydrogens is 661 g/mol. The monoisotopic (exact) mass is 692 g/mol. The molecule has 0 aliphatic heterocycles. The Hall–Kier alpha value is -5.96. The summed E-state index contributed by atoms with van der Waals surface area (Å²) in [6.45, 7) is 0. The number of benzene rings is 7. The van der Waals surface area contributed by atoms with E-state index in [0.717, 1.165) is 34.1 Å². The molecule has 246 valence electrons. The van der Waals surface area contributed by atoms with E-state index in [2.05, 4.69) is 0 Å². The molecule has 0 N–H and O–H groups in total. The summed E-state index contributed by atoms with van der Waals surface area (Å²) in [5, 5.41) is 0. The smallest absolute Gasteiger partial charge is 0.206 e. The molecule has 0 spiro atoms. The Morgan fingerprint density at radius 2 is 0.420 bits per heavy atom. The lowest BCUT2D eigenvalue weighted by Crippen LogP contribution is -2.10. The van der Waals surface area contributed by atoms with Gasteiger partial charge in [-0.1, -0.05) is 72.8 Å². The van der Waals surface area contributed by atoms with Crippen LogP contribution in [0.3, 0.4) is 0 Å². The van der Waals surface area contributed by atoms with E-state index < -0.39 is 19.7 Å². The summed E-state index contributed by atoms with van der Waals surface area (Å²) in [4.78, 5) is 4.31. The largest absolute Gasteiger partial charge is 0.311 e. The third kappa shape index (κ3) is 6.54. The van der Waals surface area contributed by atoms with E-state index in [9.17, 15) is 16.8 Å². The van der Waals surface area contributed by atoms with Crippen molar-refractivity contribution < 1.29 is 16.8 Å². The molecule has 0 aliphatic rings. The molecule has 0 heterocycles. The average molecular weight is 693 g/mol. The third-order valence-corrected chi connectivity index (χ3v) is 11.9. The first-order chi connectivity index (χ1) is 24.3. The Kier molecular flexibility index (Phi) is 9.04. The van der Waals surface area contributed by atoms with E-state index in [1.807, 2.05) is 131 Å². The minimum Gasteiger partial charge on any atom is -0.311 e. The lowest BCUT2D eigenvalue weighted by molar-refractivity contribution is 0.592. The number of para-hydroxylation sites is 4. The fraction of sp³-hybridized carbons (Fsp3) is 0. The predicted molar refractivity (Wildman–Crippen MR) is 200 cm³/mol. The number of nitrogens with zero attached hydrogens (tertiary/aromatic N) is 2. The van der Waals surface area contributed by atoms with E-state index in [1.165, 1.54) is 24.3 Å². The van der Waals surface area contributed by atoms with Crippen LogP contribution >= 0.6 is 0 Å². The van der Waals surface area contributed by atoms with Crippen molar-refractivity contribution >= 4 is 53.8 Å². The molecule has 0 saturated heterocycles. The van der Waals surface area contributed by atoms with Gasteiger partial charge in [-0.2, -0.15) is 0 Å². The van der Waals surface area contributed by atoms with Gasteiger partial charge in [0, 0.05) is 34.1 Å². The first-order valence-electron chi connectivity index (χ1n) is 15.9. The van der Waals surface area contributed by atoms with Gasteiger partial charge in [-0.05, 0) is 121 Å². The van der Waals surface area contributed by atoms with E-state index in [-0.39, 0.29) is 19.6 Å². The SMILES string of the molecule is O=S(=O)(c1ccc(N(c2ccccc2)c2ccccc2)cc1)c1ccc(S(=O)(=O)c2ccc(N(c3ccccc3)c3ccccc3)cc2)cc1. The topological polar surface area (TPSA) is 74.8 Å². The quantitative estimate of drug-likeness (QED) is 0.142. The average Bonchev–Trinajstić information content (AvgIpc) is 3.17. The van der Waals surface area contributed by atoms with Crippen LogP contribution in [-0.2, 0) is 19.7 Å². The van der Waals surface area contributed by atoms with Crippen LogP contribution in [0.25, 0.3) is 0 Å². The van der Waals surface area contributed by atoms with Crippen LogP contribution in [0.5, 0.6) is 0 Å². The van der Waals surface area contributed by atoms with E-state index in [4.69, 9.17) is 0 Å². The number of anilines is 6. The summed E-state index contributed by atoms with van der Waals surface area (Å²) >= 11 is 0. The van der Waals surface area contributed by atoms with Gasteiger partial charge < -0.3 is 9.80 Å². The van der Waals surface area contributed by atoms with Gasteiger partial charge in [0.1, 0.15) is 0 Å². The van der Waals surface area contributed by atoms with E-state index >= 15 is 0 Å². The zero-order valence-corrected chi connectivity index (χ0v) is 28.5. The number of rotatable bonds is 10. The van der Waals surface area contributed by atoms with Gasteiger partial charge in [-0.3, -0.25) is 0 Å². The fourth-order valence-corrected chi connectivity index (χ4v) is 8.34. The third-order valence-electron chi connectivity index (χ3n) is 8.31. The van der Waals surface area contributed by atoms with Gasteiger partial charge in [0.15, 0.2) is 0 Å². The molecule has 0 aromatic heterocycles. The van der Waals surface area contributed by atoms with Crippen LogP contribution in [0.2, 0.25) is 0 Å². The van der Waals surface area contributed by atoms with Crippen LogP contribution < -0.4 is 9.80 Å². The zero-order valence-electron chi connectivity index (χ0n) is 26.8. The Balaban J connectivity index is 1.13. The van der Waals surface area contributed by atoms with Crippen LogP contribution in [0.1, 0.15) is 0 Å². The molecule has 0 bridgehead atoms. The zero-order chi connectivity index (χ0) is 34.6. The minimum atomic E-state index is -3.92. The molecule has 7 aromatic rings. The summed E-state index contributed by atoms with van der Waals surface area (Å²) in [5.41, 5.74) is 5.33. The molecule has 0 amide bonds. The molecule has 0 aliphatic carbocycles. The summed E-state index contributed by atoms with van der Waals surface area (Å²) in [6.07, 6.45) is 0. The molecule has 0 atom stereocenters. The fourth-order valence-electron chi connectivity index (χ4n) is 5.82. The van der Waals surface area contributed by atoms with Crippen molar-refractivity contribution in [3.63, 3.8) is 0 Å². The Morgan fingerprint density at radius 3 is 0.640 bits per heavy atom. The molecule has 6 nitrogen and oxygen atoms in total. The van der Waals surface area contributed by atoms with Gasteiger partial charge >= 0.3 is 0 Å². The standard InChI is InChI=1S/C42H32N2O4S2/c45-49(46,39-25-21-37(22-26-39)43(33-13-5-1-6-14-33)34-15-7-2-8-16-34)41-29-31-42(32-30-41)50(47,48)40-27-23-38(24-28-40)44(35-17-9-3-10-18-35)36-19-11-4-12-20-36/h1-32H. The summed E-state index contributed by atoms with van der Waals surface area (Å²) in [5.74, 6) is 0.